The third-order valence-corrected chi connectivity index (χ3v) is 11.3. The summed E-state index contributed by atoms with van der Waals surface area (Å²) >= 11 is 3.46. The summed E-state index contributed by atoms with van der Waals surface area (Å²) in [4.78, 5) is 4.66. The standard InChI is InChI=1S/C29H38BrNO4/c1-26-11-12-29(34-13-14-35-29)16-20(26)3-5-22-23(26)7-9-27(2)24(22)8-10-28(27,33)18-31-17-19-15-21(30)4-6-25(19)32/h3-4,6,15,17,22-24,32-33H,5,7-14,16,18H2,1-2H3/t22-,23-,24-,26+,27-,28-/m1/s1. The number of halogens is 1. The Morgan fingerprint density at radius 2 is 1.86 bits per heavy atom. The number of ether oxygens (including phenoxy) is 2. The first-order chi connectivity index (χ1) is 16.7. The average Bonchev–Trinajstić information content (AvgIpc) is 3.39. The van der Waals surface area contributed by atoms with Crippen molar-refractivity contribution in [1.82, 2.24) is 0 Å². The molecule has 1 spiro atoms. The lowest BCUT2D eigenvalue weighted by Crippen LogP contribution is -2.56. The van der Waals surface area contributed by atoms with Gasteiger partial charge in [-0.15, -0.1) is 0 Å². The van der Waals surface area contributed by atoms with E-state index >= 15 is 0 Å². The van der Waals surface area contributed by atoms with Crippen LogP contribution in [0.2, 0.25) is 0 Å². The fraction of sp³-hybridized carbons (Fsp3) is 0.690. The van der Waals surface area contributed by atoms with Crippen LogP contribution in [0, 0.1) is 28.6 Å². The van der Waals surface area contributed by atoms with Crippen LogP contribution in [0.15, 0.2) is 39.3 Å². The number of hydrogen-bond donors (Lipinski definition) is 2. The fourth-order valence-corrected chi connectivity index (χ4v) is 9.02. The number of benzene rings is 1. The molecule has 4 aliphatic carbocycles. The Balaban J connectivity index is 1.21. The molecule has 4 fully saturated rings. The predicted molar refractivity (Wildman–Crippen MR) is 140 cm³/mol. The zero-order valence-corrected chi connectivity index (χ0v) is 22.5. The summed E-state index contributed by atoms with van der Waals surface area (Å²) in [5.41, 5.74) is 1.53. The fourth-order valence-electron chi connectivity index (χ4n) is 8.64. The molecule has 1 saturated heterocycles. The van der Waals surface area contributed by atoms with E-state index < -0.39 is 5.60 Å². The number of nitrogens with zero attached hydrogens (tertiary/aromatic N) is 1. The van der Waals surface area contributed by atoms with E-state index in [2.05, 4.69) is 40.8 Å². The van der Waals surface area contributed by atoms with Crippen LogP contribution in [-0.2, 0) is 9.47 Å². The molecule has 1 aliphatic heterocycles. The number of rotatable bonds is 3. The van der Waals surface area contributed by atoms with Crippen molar-refractivity contribution in [1.29, 1.82) is 0 Å². The average molecular weight is 545 g/mol. The van der Waals surface area contributed by atoms with Gasteiger partial charge in [0.2, 0.25) is 0 Å². The molecule has 0 radical (unpaired) electrons. The first kappa shape index (κ1) is 24.1. The Kier molecular flexibility index (Phi) is 5.80. The lowest BCUT2D eigenvalue weighted by Gasteiger charge is -2.59. The molecule has 1 heterocycles. The number of hydrogen-bond acceptors (Lipinski definition) is 5. The summed E-state index contributed by atoms with van der Waals surface area (Å²) in [6, 6.07) is 5.33. The van der Waals surface area contributed by atoms with Gasteiger partial charge in [-0.3, -0.25) is 4.99 Å². The quantitative estimate of drug-likeness (QED) is 0.361. The van der Waals surface area contributed by atoms with Crippen LogP contribution < -0.4 is 0 Å². The van der Waals surface area contributed by atoms with E-state index in [0.717, 1.165) is 62.6 Å². The zero-order chi connectivity index (χ0) is 24.5. The topological polar surface area (TPSA) is 71.3 Å². The molecule has 5 aliphatic rings. The first-order valence-electron chi connectivity index (χ1n) is 13.4. The molecular weight excluding hydrogens is 506 g/mol. The van der Waals surface area contributed by atoms with Crippen molar-refractivity contribution in [3.05, 3.63) is 39.9 Å². The van der Waals surface area contributed by atoms with Gasteiger partial charge < -0.3 is 19.7 Å². The van der Waals surface area contributed by atoms with Gasteiger partial charge in [0.1, 0.15) is 5.75 Å². The van der Waals surface area contributed by atoms with Crippen LogP contribution in [0.4, 0.5) is 0 Å². The Labute approximate surface area is 217 Å². The summed E-state index contributed by atoms with van der Waals surface area (Å²) in [5, 5.41) is 22.1. The summed E-state index contributed by atoms with van der Waals surface area (Å²) in [6.07, 6.45) is 12.5. The van der Waals surface area contributed by atoms with Gasteiger partial charge in [-0.1, -0.05) is 41.4 Å². The third kappa shape index (κ3) is 3.69. The number of aliphatic imine (C=N–C) groups is 1. The number of allylic oxidation sites excluding steroid dienone is 1. The number of aromatic hydroxyl groups is 1. The van der Waals surface area contributed by atoms with Crippen LogP contribution in [-0.4, -0.2) is 47.6 Å². The molecule has 1 aromatic rings. The van der Waals surface area contributed by atoms with Crippen molar-refractivity contribution in [3.8, 4) is 5.75 Å². The maximum absolute atomic E-state index is 11.9. The van der Waals surface area contributed by atoms with Gasteiger partial charge >= 0.3 is 0 Å². The molecule has 2 N–H and O–H groups in total. The van der Waals surface area contributed by atoms with Gasteiger partial charge in [0, 0.05) is 34.5 Å². The summed E-state index contributed by atoms with van der Waals surface area (Å²) in [6.45, 7) is 6.65. The van der Waals surface area contributed by atoms with Crippen LogP contribution in [0.25, 0.3) is 0 Å². The van der Waals surface area contributed by atoms with Crippen LogP contribution in [0.5, 0.6) is 5.75 Å². The highest BCUT2D eigenvalue weighted by Crippen LogP contribution is 2.68. The molecular formula is C29H38BrNO4. The minimum atomic E-state index is -0.798. The first-order valence-corrected chi connectivity index (χ1v) is 14.2. The predicted octanol–water partition coefficient (Wildman–Crippen LogP) is 6.01. The van der Waals surface area contributed by atoms with E-state index in [4.69, 9.17) is 9.47 Å². The van der Waals surface area contributed by atoms with Crippen molar-refractivity contribution in [2.75, 3.05) is 19.8 Å². The Bertz CT molecular complexity index is 1060. The molecule has 0 unspecified atom stereocenters. The molecule has 6 atom stereocenters. The zero-order valence-electron chi connectivity index (χ0n) is 20.9. The molecule has 3 saturated carbocycles. The van der Waals surface area contributed by atoms with Crippen molar-refractivity contribution in [2.24, 2.45) is 33.6 Å². The van der Waals surface area contributed by atoms with Gasteiger partial charge in [0.25, 0.3) is 0 Å². The molecule has 0 aromatic heterocycles. The lowest BCUT2D eigenvalue weighted by atomic mass is 9.46. The minimum absolute atomic E-state index is 0.125. The summed E-state index contributed by atoms with van der Waals surface area (Å²) in [5.74, 6) is 1.65. The highest BCUT2D eigenvalue weighted by atomic mass is 79.9. The van der Waals surface area contributed by atoms with E-state index in [1.165, 1.54) is 6.42 Å². The van der Waals surface area contributed by atoms with E-state index in [1.54, 1.807) is 17.9 Å². The molecule has 35 heavy (non-hydrogen) atoms. The smallest absolute Gasteiger partial charge is 0.172 e. The maximum atomic E-state index is 11.9. The van der Waals surface area contributed by atoms with Crippen molar-refractivity contribution in [3.63, 3.8) is 0 Å². The van der Waals surface area contributed by atoms with Crippen LogP contribution in [0.3, 0.4) is 0 Å². The van der Waals surface area contributed by atoms with Crippen LogP contribution >= 0.6 is 15.9 Å². The molecule has 0 amide bonds. The SMILES string of the molecule is C[C@]12CCC3(CC1=CC[C@@H]1[C@H]2CC[C@]2(C)[C@@H]1CC[C@@]2(O)CN=Cc1cc(Br)ccc1O)OCCO3. The van der Waals surface area contributed by atoms with E-state index in [-0.39, 0.29) is 22.4 Å². The van der Waals surface area contributed by atoms with Gasteiger partial charge in [-0.2, -0.15) is 0 Å². The molecule has 6 heteroatoms. The highest BCUT2D eigenvalue weighted by molar-refractivity contribution is 9.10. The highest BCUT2D eigenvalue weighted by Gasteiger charge is 2.64. The monoisotopic (exact) mass is 543 g/mol. The van der Waals surface area contributed by atoms with Crippen molar-refractivity contribution in [2.45, 2.75) is 76.6 Å². The maximum Gasteiger partial charge on any atom is 0.172 e. The Morgan fingerprint density at radius 1 is 1.09 bits per heavy atom. The second-order valence-electron chi connectivity index (χ2n) is 12.2. The third-order valence-electron chi connectivity index (χ3n) is 10.8. The molecule has 6 rings (SSSR count). The molecule has 190 valence electrons. The van der Waals surface area contributed by atoms with Gasteiger partial charge in [0.15, 0.2) is 5.79 Å². The van der Waals surface area contributed by atoms with Crippen LogP contribution in [0.1, 0.15) is 70.8 Å². The largest absolute Gasteiger partial charge is 0.507 e. The number of phenolic OH excluding ortho intramolecular Hbond substituents is 1. The number of aliphatic hydroxyl groups is 1. The van der Waals surface area contributed by atoms with E-state index in [0.29, 0.717) is 29.9 Å². The summed E-state index contributed by atoms with van der Waals surface area (Å²) < 4.78 is 13.1. The number of fused-ring (bicyclic) bond motifs is 5. The summed E-state index contributed by atoms with van der Waals surface area (Å²) in [7, 11) is 0. The molecule has 5 nitrogen and oxygen atoms in total. The Hall–Kier alpha value is -1.21. The second-order valence-corrected chi connectivity index (χ2v) is 13.2. The number of phenols is 1. The van der Waals surface area contributed by atoms with Crippen molar-refractivity contribution < 1.29 is 19.7 Å². The second kappa shape index (κ2) is 8.41. The van der Waals surface area contributed by atoms with Crippen molar-refractivity contribution >= 4 is 22.1 Å². The molecule has 0 bridgehead atoms. The van der Waals surface area contributed by atoms with E-state index in [1.807, 2.05) is 12.1 Å². The van der Waals surface area contributed by atoms with Gasteiger partial charge in [-0.05, 0) is 79.9 Å². The molecule has 1 aromatic carbocycles. The lowest BCUT2D eigenvalue weighted by molar-refractivity contribution is -0.187. The van der Waals surface area contributed by atoms with E-state index in [9.17, 15) is 10.2 Å². The van der Waals surface area contributed by atoms with Gasteiger partial charge in [-0.25, -0.2) is 0 Å². The minimum Gasteiger partial charge on any atom is -0.507 e. The van der Waals surface area contributed by atoms with Gasteiger partial charge in [0.05, 0.1) is 25.4 Å². The normalized spacial score (nSPS) is 42.1. The Morgan fingerprint density at radius 3 is 2.66 bits per heavy atom.